The van der Waals surface area contributed by atoms with Crippen molar-refractivity contribution in [1.29, 1.82) is 0 Å². The number of nitrogens with one attached hydrogen (secondary N) is 1. The Morgan fingerprint density at radius 3 is 2.41 bits per heavy atom. The van der Waals surface area contributed by atoms with Crippen LogP contribution in [-0.4, -0.2) is 85.7 Å². The third kappa shape index (κ3) is 9.70. The van der Waals surface area contributed by atoms with Crippen molar-refractivity contribution in [3.63, 3.8) is 0 Å². The van der Waals surface area contributed by atoms with Crippen LogP contribution in [0.25, 0.3) is 11.1 Å². The summed E-state index contributed by atoms with van der Waals surface area (Å²) >= 11 is 7.00. The molecule has 5 rings (SSSR count). The molecule has 0 radical (unpaired) electrons. The number of aromatic nitrogens is 2. The fourth-order valence-corrected chi connectivity index (χ4v) is 6.94. The van der Waals surface area contributed by atoms with Gasteiger partial charge >= 0.3 is 6.09 Å². The summed E-state index contributed by atoms with van der Waals surface area (Å²) in [5.41, 5.74) is 7.18. The molecule has 11 nitrogen and oxygen atoms in total. The highest BCUT2D eigenvalue weighted by atomic mass is 35.5. The first-order valence-electron chi connectivity index (χ1n) is 18.3. The van der Waals surface area contributed by atoms with E-state index in [4.69, 9.17) is 21.3 Å². The molecule has 2 aromatic heterocycles. The van der Waals surface area contributed by atoms with Crippen LogP contribution >= 0.6 is 11.6 Å². The minimum absolute atomic E-state index is 0.0443. The smallest absolute Gasteiger partial charge is 0.410 e. The largest absolute Gasteiger partial charge is 0.444 e. The van der Waals surface area contributed by atoms with Gasteiger partial charge in [0, 0.05) is 43.5 Å². The predicted molar refractivity (Wildman–Crippen MR) is 210 cm³/mol. The van der Waals surface area contributed by atoms with E-state index in [2.05, 4.69) is 10.3 Å². The summed E-state index contributed by atoms with van der Waals surface area (Å²) in [5, 5.41) is 22.8. The van der Waals surface area contributed by atoms with E-state index in [9.17, 15) is 24.6 Å². The van der Waals surface area contributed by atoms with Crippen LogP contribution in [-0.2, 0) is 30.7 Å². The number of aryl methyl sites for hydroxylation is 1. The molecule has 286 valence electrons. The predicted octanol–water partition coefficient (Wildman–Crippen LogP) is 6.95. The normalized spacial score (nSPS) is 13.1. The summed E-state index contributed by atoms with van der Waals surface area (Å²) in [6, 6.07) is 16.0. The van der Waals surface area contributed by atoms with Gasteiger partial charge in [-0.25, -0.2) is 9.78 Å². The van der Waals surface area contributed by atoms with Crippen LogP contribution in [0.3, 0.4) is 0 Å². The van der Waals surface area contributed by atoms with Crippen molar-refractivity contribution in [3.05, 3.63) is 111 Å². The molecule has 0 saturated carbocycles. The number of carbonyl (C=O) groups excluding carboxylic acids is 3. The van der Waals surface area contributed by atoms with E-state index in [1.165, 1.54) is 0 Å². The van der Waals surface area contributed by atoms with Crippen molar-refractivity contribution in [3.8, 4) is 11.1 Å². The van der Waals surface area contributed by atoms with Gasteiger partial charge in [0.25, 0.3) is 5.91 Å². The molecule has 3 heterocycles. The second-order valence-corrected chi connectivity index (χ2v) is 15.1. The van der Waals surface area contributed by atoms with Crippen LogP contribution in [0.1, 0.15) is 88.6 Å². The quantitative estimate of drug-likeness (QED) is 0.124. The maximum absolute atomic E-state index is 13.6. The minimum atomic E-state index is -0.607. The van der Waals surface area contributed by atoms with Gasteiger partial charge in [0.15, 0.2) is 5.78 Å². The Balaban J connectivity index is 1.29. The van der Waals surface area contributed by atoms with Crippen LogP contribution < -0.4 is 5.32 Å². The number of nitrogens with zero attached hydrogens (tertiary/aromatic N) is 4. The van der Waals surface area contributed by atoms with Gasteiger partial charge in [0.05, 0.1) is 36.5 Å². The Labute approximate surface area is 322 Å². The highest BCUT2D eigenvalue weighted by molar-refractivity contribution is 6.34. The average molecular weight is 756 g/mol. The molecular weight excluding hydrogens is 706 g/mol. The molecule has 0 fully saturated rings. The second kappa shape index (κ2) is 17.6. The molecule has 0 bridgehead atoms. The fraction of sp³-hybridized carbons (Fsp3) is 0.405. The number of aliphatic hydroxyl groups is 2. The van der Waals surface area contributed by atoms with Gasteiger partial charge in [-0.3, -0.25) is 19.5 Å². The van der Waals surface area contributed by atoms with Crippen LogP contribution in [0.2, 0.25) is 5.02 Å². The lowest BCUT2D eigenvalue weighted by molar-refractivity contribution is 0.0233. The number of aliphatic hydroxyl groups excluding tert-OH is 2. The zero-order chi connectivity index (χ0) is 39.2. The molecule has 2 aromatic carbocycles. The highest BCUT2D eigenvalue weighted by Gasteiger charge is 2.27. The number of Topliss-reactive ketones (excluding diaryl/α,β-unsaturated/α-hetero) is 1. The van der Waals surface area contributed by atoms with Crippen LogP contribution in [0.4, 0.5) is 10.5 Å². The van der Waals surface area contributed by atoms with E-state index in [0.717, 1.165) is 51.9 Å². The number of fused-ring (bicyclic) bond motifs is 1. The number of ketones is 1. The summed E-state index contributed by atoms with van der Waals surface area (Å²) in [4.78, 5) is 52.4. The lowest BCUT2D eigenvalue weighted by Crippen LogP contribution is -2.44. The first kappa shape index (κ1) is 40.5. The Morgan fingerprint density at radius 1 is 1.02 bits per heavy atom. The summed E-state index contributed by atoms with van der Waals surface area (Å²) in [7, 11) is 0. The maximum atomic E-state index is 13.6. The molecule has 4 aromatic rings. The molecule has 0 saturated heterocycles. The minimum Gasteiger partial charge on any atom is -0.444 e. The van der Waals surface area contributed by atoms with E-state index in [-0.39, 0.29) is 43.1 Å². The van der Waals surface area contributed by atoms with Crippen LogP contribution in [0, 0.1) is 13.8 Å². The lowest BCUT2D eigenvalue weighted by Gasteiger charge is -2.33. The Kier molecular flexibility index (Phi) is 13.2. The molecule has 0 atom stereocenters. The summed E-state index contributed by atoms with van der Waals surface area (Å²) < 4.78 is 5.55. The van der Waals surface area contributed by atoms with Gasteiger partial charge in [-0.05, 0) is 99.0 Å². The molecule has 1 aliphatic rings. The van der Waals surface area contributed by atoms with Gasteiger partial charge < -0.3 is 25.2 Å². The number of halogens is 1. The number of hydrogen-bond donors (Lipinski definition) is 3. The topological polar surface area (TPSA) is 145 Å². The van der Waals surface area contributed by atoms with Crippen molar-refractivity contribution in [2.75, 3.05) is 31.6 Å². The average Bonchev–Trinajstić information content (AvgIpc) is 3.13. The van der Waals surface area contributed by atoms with Gasteiger partial charge in [-0.15, -0.1) is 0 Å². The number of ether oxygens (including phenoxy) is 1. The third-order valence-electron chi connectivity index (χ3n) is 9.54. The Bertz CT molecular complexity index is 1990. The molecule has 3 N–H and O–H groups in total. The van der Waals surface area contributed by atoms with Crippen molar-refractivity contribution < 1.29 is 29.3 Å². The van der Waals surface area contributed by atoms with Crippen LogP contribution in [0.5, 0.6) is 0 Å². The second-order valence-electron chi connectivity index (χ2n) is 14.8. The molecule has 0 aliphatic carbocycles. The standard InChI is InChI=1S/C42H50ClN5O6/c1-7-17-48(41(53)54-42(4,5)6)22-28-14-15-35(44-21-28)40(52)46-34-13-9-11-32(27(34)3)33-12-8-10-29(39(33)43)20-38(51)36-19-26(2)31-16-18-47(23-37(31)45-36)30(24-49)25-50/h8-15,19,21,30,49-50H,7,16-18,20,22-25H2,1-6H3,(H,46,52). The van der Waals surface area contributed by atoms with Crippen LogP contribution in [0.15, 0.2) is 60.8 Å². The zero-order valence-electron chi connectivity index (χ0n) is 31.9. The molecule has 12 heteroatoms. The van der Waals surface area contributed by atoms with Gasteiger partial charge in [0.1, 0.15) is 17.0 Å². The number of carbonyl (C=O) groups is 3. The first-order valence-corrected chi connectivity index (χ1v) is 18.7. The summed E-state index contributed by atoms with van der Waals surface area (Å²) in [5.74, 6) is -0.555. The van der Waals surface area contributed by atoms with E-state index < -0.39 is 11.7 Å². The molecule has 54 heavy (non-hydrogen) atoms. The van der Waals surface area contributed by atoms with E-state index >= 15 is 0 Å². The van der Waals surface area contributed by atoms with Gasteiger partial charge in [0.2, 0.25) is 0 Å². The van der Waals surface area contributed by atoms with E-state index in [1.807, 2.05) is 88.9 Å². The van der Waals surface area contributed by atoms with Crippen molar-refractivity contribution in [2.24, 2.45) is 0 Å². The number of benzene rings is 2. The molecular formula is C42H50ClN5O6. The monoisotopic (exact) mass is 755 g/mol. The molecule has 1 aliphatic heterocycles. The Morgan fingerprint density at radius 2 is 1.74 bits per heavy atom. The molecule has 0 unspecified atom stereocenters. The highest BCUT2D eigenvalue weighted by Crippen LogP contribution is 2.36. The van der Waals surface area contributed by atoms with Gasteiger partial charge in [-0.2, -0.15) is 0 Å². The number of rotatable bonds is 13. The first-order chi connectivity index (χ1) is 25.7. The lowest BCUT2D eigenvalue weighted by atomic mass is 9.94. The summed E-state index contributed by atoms with van der Waals surface area (Å²) in [6.07, 6.45) is 2.74. The molecule has 2 amide bonds. The fourth-order valence-electron chi connectivity index (χ4n) is 6.65. The maximum Gasteiger partial charge on any atom is 0.410 e. The van der Waals surface area contributed by atoms with Gasteiger partial charge in [-0.1, -0.05) is 54.9 Å². The zero-order valence-corrected chi connectivity index (χ0v) is 32.7. The van der Waals surface area contributed by atoms with E-state index in [1.54, 1.807) is 23.2 Å². The SMILES string of the molecule is CCCN(Cc1ccc(C(=O)Nc2cccc(-c3cccc(CC(=O)c4cc(C)c5c(n4)CN(C(CO)CO)CC5)c3Cl)c2C)nc1)C(=O)OC(C)(C)C. The van der Waals surface area contributed by atoms with E-state index in [0.29, 0.717) is 48.1 Å². The number of hydrogen-bond acceptors (Lipinski definition) is 9. The van der Waals surface area contributed by atoms with Crippen molar-refractivity contribution >= 4 is 35.1 Å². The Hall–Kier alpha value is -4.68. The molecule has 0 spiro atoms. The number of pyridine rings is 2. The van der Waals surface area contributed by atoms with Crippen molar-refractivity contribution in [1.82, 2.24) is 19.8 Å². The summed E-state index contributed by atoms with van der Waals surface area (Å²) in [6.45, 7) is 13.0. The number of amides is 2. The third-order valence-corrected chi connectivity index (χ3v) is 9.98. The number of anilines is 1. The van der Waals surface area contributed by atoms with Crippen molar-refractivity contribution in [2.45, 2.75) is 85.5 Å².